The van der Waals surface area contributed by atoms with Gasteiger partial charge < -0.3 is 14.6 Å². The topological polar surface area (TPSA) is 110 Å². The van der Waals surface area contributed by atoms with Crippen LogP contribution in [-0.4, -0.2) is 44.9 Å². The highest BCUT2D eigenvalue weighted by Crippen LogP contribution is 2.57. The molecule has 3 atom stereocenters. The molecule has 0 amide bonds. The zero-order chi connectivity index (χ0) is 27.6. The summed E-state index contributed by atoms with van der Waals surface area (Å²) in [6, 6.07) is 9.46. The number of halogens is 1. The van der Waals surface area contributed by atoms with Crippen LogP contribution in [0.15, 0.2) is 47.4 Å². The highest BCUT2D eigenvalue weighted by Gasteiger charge is 2.56. The maximum atomic E-state index is 13.2. The third kappa shape index (κ3) is 4.87. The zero-order valence-corrected chi connectivity index (χ0v) is 24.4. The molecule has 200 valence electrons. The normalized spacial score (nSPS) is 22.6. The number of aliphatic hydroxyl groups excluding tert-OH is 1. The molecule has 0 saturated heterocycles. The van der Waals surface area contributed by atoms with E-state index in [1.165, 1.54) is 18.2 Å². The smallest absolute Gasteiger partial charge is 0.297 e. The van der Waals surface area contributed by atoms with Gasteiger partial charge in [0, 0.05) is 17.5 Å². The van der Waals surface area contributed by atoms with Crippen molar-refractivity contribution >= 4 is 41.4 Å². The Kier molecular flexibility index (Phi) is 7.16. The Morgan fingerprint density at radius 2 is 1.78 bits per heavy atom. The Bertz CT molecular complexity index is 1380. The van der Waals surface area contributed by atoms with Crippen LogP contribution in [0.1, 0.15) is 61.7 Å². The number of ketones is 1. The molecule has 0 bridgehead atoms. The fourth-order valence-electron chi connectivity index (χ4n) is 4.58. The first-order chi connectivity index (χ1) is 17.0. The molecule has 0 aromatic heterocycles. The van der Waals surface area contributed by atoms with Crippen LogP contribution in [0.3, 0.4) is 0 Å². The van der Waals surface area contributed by atoms with Gasteiger partial charge in [0.15, 0.2) is 14.1 Å². The summed E-state index contributed by atoms with van der Waals surface area (Å²) in [4.78, 5) is 12.4. The molecule has 0 saturated carbocycles. The number of benzene rings is 2. The lowest BCUT2D eigenvalue weighted by Crippen LogP contribution is -2.42. The molecule has 2 aromatic carbocycles. The summed E-state index contributed by atoms with van der Waals surface area (Å²) >= 11 is 6.87. The minimum atomic E-state index is -4.28. The number of aryl methyl sites for hydroxylation is 1. The number of hydrogen-bond acceptors (Lipinski definition) is 7. The van der Waals surface area contributed by atoms with Crippen LogP contribution >= 0.6 is 11.6 Å². The SMILES string of the molecule is Cc1ccc(S(=O)(=O)O[C@H]2c3ccc([C@H](CO)O[Si](C)(C)C(C)(C)C)c(Cl)c3C3=CC(=O)C[C@@]32O)cc1. The van der Waals surface area contributed by atoms with Crippen LogP contribution in [0.2, 0.25) is 23.2 Å². The Hall–Kier alpha value is -1.85. The number of hydrogen-bond donors (Lipinski definition) is 2. The first kappa shape index (κ1) is 28.2. The summed E-state index contributed by atoms with van der Waals surface area (Å²) in [5.41, 5.74) is 0.399. The van der Waals surface area contributed by atoms with E-state index in [0.29, 0.717) is 16.7 Å². The van der Waals surface area contributed by atoms with Crippen LogP contribution in [0.5, 0.6) is 0 Å². The van der Waals surface area contributed by atoms with Crippen molar-refractivity contribution in [3.8, 4) is 0 Å². The zero-order valence-electron chi connectivity index (χ0n) is 21.8. The van der Waals surface area contributed by atoms with Gasteiger partial charge in [-0.2, -0.15) is 8.42 Å². The van der Waals surface area contributed by atoms with Crippen molar-refractivity contribution < 1.29 is 32.0 Å². The largest absolute Gasteiger partial charge is 0.408 e. The van der Waals surface area contributed by atoms with Crippen LogP contribution in [0.25, 0.3) is 5.57 Å². The third-order valence-corrected chi connectivity index (χ3v) is 13.9. The van der Waals surface area contributed by atoms with Crippen LogP contribution < -0.4 is 0 Å². The van der Waals surface area contributed by atoms with E-state index >= 15 is 0 Å². The molecule has 2 aliphatic rings. The van der Waals surface area contributed by atoms with Gasteiger partial charge in [-0.3, -0.25) is 8.98 Å². The Labute approximate surface area is 224 Å². The predicted octanol–water partition coefficient (Wildman–Crippen LogP) is 5.25. The molecule has 0 unspecified atom stereocenters. The summed E-state index contributed by atoms with van der Waals surface area (Å²) in [5, 5.41) is 21.9. The van der Waals surface area contributed by atoms with Crippen molar-refractivity contribution in [2.24, 2.45) is 0 Å². The van der Waals surface area contributed by atoms with E-state index in [2.05, 4.69) is 33.9 Å². The third-order valence-electron chi connectivity index (χ3n) is 7.69. The second-order valence-corrected chi connectivity index (χ2v) is 18.1. The van der Waals surface area contributed by atoms with Gasteiger partial charge in [-0.05, 0) is 54.4 Å². The fourth-order valence-corrected chi connectivity index (χ4v) is 7.33. The molecule has 37 heavy (non-hydrogen) atoms. The van der Waals surface area contributed by atoms with Gasteiger partial charge in [0.2, 0.25) is 0 Å². The number of allylic oxidation sites excluding steroid dienone is 1. The van der Waals surface area contributed by atoms with Gasteiger partial charge in [0.1, 0.15) is 11.7 Å². The second-order valence-electron chi connectivity index (χ2n) is 11.4. The summed E-state index contributed by atoms with van der Waals surface area (Å²) in [7, 11) is -6.58. The second kappa shape index (κ2) is 9.41. The van der Waals surface area contributed by atoms with Crippen molar-refractivity contribution in [1.29, 1.82) is 0 Å². The molecule has 0 spiro atoms. The van der Waals surface area contributed by atoms with Crippen molar-refractivity contribution in [2.75, 3.05) is 6.61 Å². The van der Waals surface area contributed by atoms with E-state index in [-0.39, 0.29) is 39.3 Å². The first-order valence-electron chi connectivity index (χ1n) is 12.1. The quantitative estimate of drug-likeness (QED) is 0.349. The molecular weight excluding hydrogens is 532 g/mol. The minimum Gasteiger partial charge on any atom is -0.408 e. The van der Waals surface area contributed by atoms with E-state index in [0.717, 1.165) is 5.56 Å². The lowest BCUT2D eigenvalue weighted by Gasteiger charge is -2.39. The predicted molar refractivity (Wildman–Crippen MR) is 144 cm³/mol. The van der Waals surface area contributed by atoms with Gasteiger partial charge in [0.05, 0.1) is 22.6 Å². The summed E-state index contributed by atoms with van der Waals surface area (Å²) in [6.45, 7) is 11.9. The highest BCUT2D eigenvalue weighted by molar-refractivity contribution is 7.86. The van der Waals surface area contributed by atoms with Gasteiger partial charge >= 0.3 is 0 Å². The molecule has 0 radical (unpaired) electrons. The number of fused-ring (bicyclic) bond motifs is 3. The minimum absolute atomic E-state index is 0.0594. The van der Waals surface area contributed by atoms with Gasteiger partial charge in [0.25, 0.3) is 10.1 Å². The molecule has 4 rings (SSSR count). The van der Waals surface area contributed by atoms with Crippen molar-refractivity contribution in [2.45, 2.75) is 75.0 Å². The maximum Gasteiger partial charge on any atom is 0.297 e. The number of rotatable bonds is 7. The molecular formula is C27H33ClO7SSi. The number of carbonyl (C=O) groups excluding carboxylic acids is 1. The molecule has 7 nitrogen and oxygen atoms in total. The van der Waals surface area contributed by atoms with E-state index in [1.807, 2.05) is 6.92 Å². The molecule has 0 aliphatic heterocycles. The summed E-state index contributed by atoms with van der Waals surface area (Å²) in [5.74, 6) is -0.359. The average Bonchev–Trinajstić information content (AvgIpc) is 3.20. The van der Waals surface area contributed by atoms with Gasteiger partial charge in [-0.25, -0.2) is 0 Å². The lowest BCUT2D eigenvalue weighted by molar-refractivity contribution is -0.118. The van der Waals surface area contributed by atoms with E-state index in [4.69, 9.17) is 20.2 Å². The molecule has 10 heteroatoms. The fraction of sp³-hybridized carbons (Fsp3) is 0.444. The Morgan fingerprint density at radius 1 is 1.16 bits per heavy atom. The number of carbonyl (C=O) groups is 1. The van der Waals surface area contributed by atoms with Gasteiger partial charge in [-0.15, -0.1) is 0 Å². The first-order valence-corrected chi connectivity index (χ1v) is 16.8. The van der Waals surface area contributed by atoms with Crippen molar-refractivity contribution in [3.05, 3.63) is 69.8 Å². The van der Waals surface area contributed by atoms with Crippen LogP contribution in [-0.2, 0) is 23.5 Å². The standard InChI is InChI=1S/C27H33ClO7SSi/c1-16-7-9-18(10-8-16)36(32,33)34-25-20-12-11-19(22(15-29)35-37(5,6)26(2,3)4)24(28)23(20)21-13-17(30)14-27(21,25)31/h7-13,22,25,29,31H,14-15H2,1-6H3/t22-,25-,27+/m0/s1. The monoisotopic (exact) mass is 564 g/mol. The maximum absolute atomic E-state index is 13.2. The van der Waals surface area contributed by atoms with Crippen molar-refractivity contribution in [3.63, 3.8) is 0 Å². The molecule has 0 heterocycles. The Morgan fingerprint density at radius 3 is 2.35 bits per heavy atom. The van der Waals surface area contributed by atoms with E-state index < -0.39 is 36.2 Å². The molecule has 2 aromatic rings. The molecule has 2 aliphatic carbocycles. The van der Waals surface area contributed by atoms with E-state index in [9.17, 15) is 23.4 Å². The molecule has 2 N–H and O–H groups in total. The van der Waals surface area contributed by atoms with Crippen LogP contribution in [0, 0.1) is 6.92 Å². The number of aliphatic hydroxyl groups is 2. The highest BCUT2D eigenvalue weighted by atomic mass is 35.5. The van der Waals surface area contributed by atoms with Crippen LogP contribution in [0.4, 0.5) is 0 Å². The van der Waals surface area contributed by atoms with Crippen molar-refractivity contribution in [1.82, 2.24) is 0 Å². The molecule has 0 fully saturated rings. The average molecular weight is 565 g/mol. The lowest BCUT2D eigenvalue weighted by atomic mass is 9.94. The summed E-state index contributed by atoms with van der Waals surface area (Å²) in [6.07, 6.45) is -1.15. The Balaban J connectivity index is 1.80. The van der Waals surface area contributed by atoms with E-state index in [1.54, 1.807) is 24.3 Å². The van der Waals surface area contributed by atoms with Gasteiger partial charge in [-0.1, -0.05) is 62.2 Å². The summed E-state index contributed by atoms with van der Waals surface area (Å²) < 4.78 is 38.4.